The third kappa shape index (κ3) is 3.87. The molecule has 2 atom stereocenters. The molecule has 30 heavy (non-hydrogen) atoms. The summed E-state index contributed by atoms with van der Waals surface area (Å²) in [5.41, 5.74) is 3.25. The van der Waals surface area contributed by atoms with E-state index in [0.717, 1.165) is 24.8 Å². The summed E-state index contributed by atoms with van der Waals surface area (Å²) < 4.78 is 5.56. The van der Waals surface area contributed by atoms with Crippen LogP contribution in [0.2, 0.25) is 0 Å². The number of fused-ring (bicyclic) bond motifs is 1. The number of hydrogen-bond donors (Lipinski definition) is 1. The first-order chi connectivity index (χ1) is 14.5. The van der Waals surface area contributed by atoms with Gasteiger partial charge in [0.2, 0.25) is 0 Å². The molecule has 1 N–H and O–H groups in total. The van der Waals surface area contributed by atoms with Crippen LogP contribution in [0.1, 0.15) is 74.9 Å². The fraction of sp³-hybridized carbons (Fsp3) is 0.375. The van der Waals surface area contributed by atoms with Crippen molar-refractivity contribution in [3.8, 4) is 0 Å². The Morgan fingerprint density at radius 3 is 2.53 bits per heavy atom. The van der Waals surface area contributed by atoms with Gasteiger partial charge < -0.3 is 10.1 Å². The number of ether oxygens (including phenoxy) is 1. The molecule has 0 aliphatic carbocycles. The molecule has 6 heteroatoms. The number of benzene rings is 2. The van der Waals surface area contributed by atoms with Crippen molar-refractivity contribution in [3.05, 3.63) is 70.3 Å². The van der Waals surface area contributed by atoms with E-state index >= 15 is 0 Å². The van der Waals surface area contributed by atoms with Crippen molar-refractivity contribution in [1.82, 2.24) is 10.2 Å². The second-order valence-electron chi connectivity index (χ2n) is 7.91. The van der Waals surface area contributed by atoms with Crippen LogP contribution < -0.4 is 5.32 Å². The van der Waals surface area contributed by atoms with Crippen LogP contribution in [0.5, 0.6) is 0 Å². The minimum atomic E-state index is -0.358. The molecule has 2 aliphatic rings. The molecule has 156 valence electrons. The molecule has 1 saturated heterocycles. The Kier molecular flexibility index (Phi) is 5.68. The molecule has 0 bridgehead atoms. The zero-order valence-electron chi connectivity index (χ0n) is 17.3. The highest BCUT2D eigenvalue weighted by molar-refractivity contribution is 6.22. The molecule has 3 amide bonds. The predicted molar refractivity (Wildman–Crippen MR) is 112 cm³/mol. The normalized spacial score (nSPS) is 19.1. The third-order valence-corrected chi connectivity index (χ3v) is 5.88. The van der Waals surface area contributed by atoms with Gasteiger partial charge in [-0.15, -0.1) is 0 Å². The van der Waals surface area contributed by atoms with Crippen molar-refractivity contribution in [3.63, 3.8) is 0 Å². The lowest BCUT2D eigenvalue weighted by Gasteiger charge is -2.17. The lowest BCUT2D eigenvalue weighted by Crippen LogP contribution is -2.36. The van der Waals surface area contributed by atoms with Gasteiger partial charge in [-0.3, -0.25) is 19.3 Å². The molecular weight excluding hydrogens is 380 g/mol. The standard InChI is InChI=1S/C24H26N2O4/c1-3-16-6-8-17(9-7-16)15(2)25-22(27)18-10-11-20-21(13-18)24(29)26(23(20)28)14-19-5-4-12-30-19/h6-11,13,15,19H,3-5,12,14H2,1-2H3,(H,25,27). The highest BCUT2D eigenvalue weighted by atomic mass is 16.5. The predicted octanol–water partition coefficient (Wildman–Crippen LogP) is 3.52. The summed E-state index contributed by atoms with van der Waals surface area (Å²) >= 11 is 0. The number of carbonyl (C=O) groups excluding carboxylic acids is 3. The molecule has 4 rings (SSSR count). The van der Waals surface area contributed by atoms with Crippen molar-refractivity contribution < 1.29 is 19.1 Å². The third-order valence-electron chi connectivity index (χ3n) is 5.88. The number of rotatable bonds is 6. The van der Waals surface area contributed by atoms with Crippen molar-refractivity contribution in [2.24, 2.45) is 0 Å². The van der Waals surface area contributed by atoms with E-state index in [-0.39, 0.29) is 42.0 Å². The molecule has 0 saturated carbocycles. The average molecular weight is 406 g/mol. The van der Waals surface area contributed by atoms with E-state index in [1.54, 1.807) is 12.1 Å². The maximum Gasteiger partial charge on any atom is 0.261 e. The largest absolute Gasteiger partial charge is 0.376 e. The first-order valence-corrected chi connectivity index (χ1v) is 10.5. The van der Waals surface area contributed by atoms with Gasteiger partial charge in [0.05, 0.1) is 29.8 Å². The molecule has 2 unspecified atom stereocenters. The molecule has 0 spiro atoms. The molecule has 2 aromatic rings. The summed E-state index contributed by atoms with van der Waals surface area (Å²) in [7, 11) is 0. The highest BCUT2D eigenvalue weighted by Crippen LogP contribution is 2.26. The topological polar surface area (TPSA) is 75.7 Å². The van der Waals surface area contributed by atoms with Crippen LogP contribution >= 0.6 is 0 Å². The summed E-state index contributed by atoms with van der Waals surface area (Å²) in [6.07, 6.45) is 2.65. The maximum absolute atomic E-state index is 12.8. The summed E-state index contributed by atoms with van der Waals surface area (Å²) in [6, 6.07) is 12.6. The SMILES string of the molecule is CCc1ccc(C(C)NC(=O)c2ccc3c(c2)C(=O)N(CC2CCCO2)C3=O)cc1. The fourth-order valence-electron chi connectivity index (χ4n) is 4.00. The van der Waals surface area contributed by atoms with Gasteiger partial charge in [-0.1, -0.05) is 31.2 Å². The first-order valence-electron chi connectivity index (χ1n) is 10.5. The number of hydrogen-bond acceptors (Lipinski definition) is 4. The Morgan fingerprint density at radius 2 is 1.87 bits per heavy atom. The number of aryl methyl sites for hydroxylation is 1. The van der Waals surface area contributed by atoms with Crippen LogP contribution in [-0.4, -0.2) is 41.9 Å². The zero-order valence-corrected chi connectivity index (χ0v) is 17.3. The smallest absolute Gasteiger partial charge is 0.261 e. The summed E-state index contributed by atoms with van der Waals surface area (Å²) in [5.74, 6) is -0.951. The van der Waals surface area contributed by atoms with Gasteiger partial charge in [0.1, 0.15) is 0 Å². The number of imide groups is 1. The maximum atomic E-state index is 12.8. The van der Waals surface area contributed by atoms with E-state index in [4.69, 9.17) is 4.74 Å². The minimum absolute atomic E-state index is 0.102. The van der Waals surface area contributed by atoms with E-state index in [0.29, 0.717) is 17.7 Å². The summed E-state index contributed by atoms with van der Waals surface area (Å²) in [5, 5.41) is 2.97. The fourth-order valence-corrected chi connectivity index (χ4v) is 4.00. The second kappa shape index (κ2) is 8.40. The molecular formula is C24H26N2O4. The van der Waals surface area contributed by atoms with Crippen LogP contribution in [0, 0.1) is 0 Å². The number of nitrogens with zero attached hydrogens (tertiary/aromatic N) is 1. The van der Waals surface area contributed by atoms with E-state index in [1.165, 1.54) is 16.5 Å². The van der Waals surface area contributed by atoms with Crippen molar-refractivity contribution in [1.29, 1.82) is 0 Å². The van der Waals surface area contributed by atoms with Crippen LogP contribution in [0.25, 0.3) is 0 Å². The van der Waals surface area contributed by atoms with Gasteiger partial charge in [0, 0.05) is 12.2 Å². The molecule has 1 fully saturated rings. The van der Waals surface area contributed by atoms with E-state index in [1.807, 2.05) is 19.1 Å². The lowest BCUT2D eigenvalue weighted by molar-refractivity contribution is 0.0475. The van der Waals surface area contributed by atoms with Crippen molar-refractivity contribution >= 4 is 17.7 Å². The van der Waals surface area contributed by atoms with Gasteiger partial charge in [-0.2, -0.15) is 0 Å². The van der Waals surface area contributed by atoms with Crippen LogP contribution in [0.3, 0.4) is 0 Å². The zero-order chi connectivity index (χ0) is 21.3. The highest BCUT2D eigenvalue weighted by Gasteiger charge is 2.38. The molecule has 6 nitrogen and oxygen atoms in total. The van der Waals surface area contributed by atoms with E-state index in [2.05, 4.69) is 24.4 Å². The quantitative estimate of drug-likeness (QED) is 0.745. The van der Waals surface area contributed by atoms with E-state index < -0.39 is 0 Å². The number of nitrogens with one attached hydrogen (secondary N) is 1. The molecule has 0 aromatic heterocycles. The van der Waals surface area contributed by atoms with E-state index in [9.17, 15) is 14.4 Å². The van der Waals surface area contributed by atoms with Crippen LogP contribution in [0.4, 0.5) is 0 Å². The number of carbonyl (C=O) groups is 3. The molecule has 2 heterocycles. The first kappa shape index (κ1) is 20.3. The Bertz CT molecular complexity index is 977. The van der Waals surface area contributed by atoms with Gasteiger partial charge in [0.25, 0.3) is 17.7 Å². The van der Waals surface area contributed by atoms with Crippen molar-refractivity contribution in [2.45, 2.75) is 45.3 Å². The Hall–Kier alpha value is -2.99. The molecule has 2 aliphatic heterocycles. The van der Waals surface area contributed by atoms with Crippen molar-refractivity contribution in [2.75, 3.05) is 13.2 Å². The summed E-state index contributed by atoms with van der Waals surface area (Å²) in [4.78, 5) is 39.4. The molecule has 0 radical (unpaired) electrons. The van der Waals surface area contributed by atoms with Crippen LogP contribution in [-0.2, 0) is 11.2 Å². The van der Waals surface area contributed by atoms with Crippen LogP contribution in [0.15, 0.2) is 42.5 Å². The van der Waals surface area contributed by atoms with Gasteiger partial charge >= 0.3 is 0 Å². The van der Waals surface area contributed by atoms with Gasteiger partial charge in [0.15, 0.2) is 0 Å². The molecule has 2 aromatic carbocycles. The minimum Gasteiger partial charge on any atom is -0.376 e. The Labute approximate surface area is 176 Å². The van der Waals surface area contributed by atoms with Gasteiger partial charge in [-0.05, 0) is 55.5 Å². The summed E-state index contributed by atoms with van der Waals surface area (Å²) in [6.45, 7) is 4.95. The Morgan fingerprint density at radius 1 is 1.13 bits per heavy atom. The van der Waals surface area contributed by atoms with Gasteiger partial charge in [-0.25, -0.2) is 0 Å². The number of amides is 3. The lowest BCUT2D eigenvalue weighted by atomic mass is 10.0. The average Bonchev–Trinajstić information content (AvgIpc) is 3.36. The monoisotopic (exact) mass is 406 g/mol. The Balaban J connectivity index is 1.47. The second-order valence-corrected chi connectivity index (χ2v) is 7.91.